The van der Waals surface area contributed by atoms with E-state index in [9.17, 15) is 5.11 Å². The molecule has 0 aliphatic carbocycles. The minimum atomic E-state index is 0.390. The number of piperidine rings is 1. The summed E-state index contributed by atoms with van der Waals surface area (Å²) >= 11 is 0. The molecule has 1 atom stereocenters. The van der Waals surface area contributed by atoms with Crippen molar-refractivity contribution < 1.29 is 5.11 Å². The van der Waals surface area contributed by atoms with Gasteiger partial charge in [0.05, 0.1) is 0 Å². The Hall–Kier alpha value is -1.22. The van der Waals surface area contributed by atoms with Crippen LogP contribution in [-0.4, -0.2) is 24.7 Å². The molecule has 1 fully saturated rings. The topological polar surface area (TPSA) is 44.3 Å². The van der Waals surface area contributed by atoms with Crippen molar-refractivity contribution in [3.63, 3.8) is 0 Å². The third-order valence-corrected chi connectivity index (χ3v) is 3.90. The van der Waals surface area contributed by atoms with Crippen LogP contribution in [0.1, 0.15) is 24.3 Å². The van der Waals surface area contributed by atoms with Crippen LogP contribution in [0.3, 0.4) is 0 Å². The van der Waals surface area contributed by atoms with Gasteiger partial charge in [-0.2, -0.15) is 0 Å². The summed E-state index contributed by atoms with van der Waals surface area (Å²) in [5, 5.41) is 16.4. The molecule has 0 saturated carbocycles. The molecule has 16 heavy (non-hydrogen) atoms. The molecule has 2 aliphatic rings. The van der Waals surface area contributed by atoms with Gasteiger partial charge >= 0.3 is 0 Å². The van der Waals surface area contributed by atoms with E-state index in [1.54, 1.807) is 6.07 Å². The van der Waals surface area contributed by atoms with Crippen LogP contribution in [0, 0.1) is 5.92 Å². The van der Waals surface area contributed by atoms with E-state index in [1.165, 1.54) is 24.1 Å². The van der Waals surface area contributed by atoms with Crippen molar-refractivity contribution in [1.29, 1.82) is 0 Å². The Bertz CT molecular complexity index is 386. The SMILES string of the molecule is Oc1ccc2c(c1)C(C1CCNCC1)CN2. The molecule has 3 rings (SSSR count). The summed E-state index contributed by atoms with van der Waals surface area (Å²) in [4.78, 5) is 0. The van der Waals surface area contributed by atoms with Crippen LogP contribution in [0.15, 0.2) is 18.2 Å². The van der Waals surface area contributed by atoms with Gasteiger partial charge in [0.25, 0.3) is 0 Å². The Kier molecular flexibility index (Phi) is 2.48. The van der Waals surface area contributed by atoms with Gasteiger partial charge in [0.2, 0.25) is 0 Å². The van der Waals surface area contributed by atoms with Crippen molar-refractivity contribution in [3.8, 4) is 5.75 Å². The zero-order valence-corrected chi connectivity index (χ0v) is 9.37. The number of rotatable bonds is 1. The zero-order valence-electron chi connectivity index (χ0n) is 9.37. The number of phenolic OH excluding ortho intramolecular Hbond substituents is 1. The predicted octanol–water partition coefficient (Wildman–Crippen LogP) is 1.90. The number of hydrogen-bond donors (Lipinski definition) is 3. The second-order valence-corrected chi connectivity index (χ2v) is 4.85. The van der Waals surface area contributed by atoms with E-state index in [4.69, 9.17) is 0 Å². The first-order valence-electron chi connectivity index (χ1n) is 6.12. The molecule has 0 spiro atoms. The lowest BCUT2D eigenvalue weighted by atomic mass is 9.81. The lowest BCUT2D eigenvalue weighted by Crippen LogP contribution is -2.31. The maximum Gasteiger partial charge on any atom is 0.116 e. The van der Waals surface area contributed by atoms with Gasteiger partial charge < -0.3 is 15.7 Å². The van der Waals surface area contributed by atoms with Crippen molar-refractivity contribution in [1.82, 2.24) is 5.32 Å². The molecular formula is C13H18N2O. The molecule has 1 aromatic rings. The predicted molar refractivity (Wildman–Crippen MR) is 64.9 cm³/mol. The van der Waals surface area contributed by atoms with E-state index in [-0.39, 0.29) is 0 Å². The van der Waals surface area contributed by atoms with Gasteiger partial charge in [0.1, 0.15) is 5.75 Å². The van der Waals surface area contributed by atoms with Crippen molar-refractivity contribution in [2.24, 2.45) is 5.92 Å². The van der Waals surface area contributed by atoms with Crippen LogP contribution in [0.2, 0.25) is 0 Å². The molecule has 0 aromatic heterocycles. The van der Waals surface area contributed by atoms with Crippen LogP contribution in [-0.2, 0) is 0 Å². The molecule has 0 bridgehead atoms. The first-order valence-corrected chi connectivity index (χ1v) is 6.12. The summed E-state index contributed by atoms with van der Waals surface area (Å²) in [6.45, 7) is 3.30. The van der Waals surface area contributed by atoms with Crippen LogP contribution in [0.4, 0.5) is 5.69 Å². The van der Waals surface area contributed by atoms with Crippen LogP contribution in [0.5, 0.6) is 5.75 Å². The summed E-state index contributed by atoms with van der Waals surface area (Å²) in [5.74, 6) is 1.74. The summed E-state index contributed by atoms with van der Waals surface area (Å²) in [5.41, 5.74) is 2.52. The summed E-state index contributed by atoms with van der Waals surface area (Å²) in [7, 11) is 0. The van der Waals surface area contributed by atoms with Crippen molar-refractivity contribution >= 4 is 5.69 Å². The average Bonchev–Trinajstić information content (AvgIpc) is 2.73. The Morgan fingerprint density at radius 3 is 2.81 bits per heavy atom. The highest BCUT2D eigenvalue weighted by molar-refractivity contribution is 5.60. The fourth-order valence-electron chi connectivity index (χ4n) is 3.01. The van der Waals surface area contributed by atoms with Gasteiger partial charge in [0, 0.05) is 18.2 Å². The smallest absolute Gasteiger partial charge is 0.116 e. The van der Waals surface area contributed by atoms with E-state index < -0.39 is 0 Å². The molecule has 2 heterocycles. The number of fused-ring (bicyclic) bond motifs is 1. The molecule has 1 aromatic carbocycles. The number of benzene rings is 1. The fraction of sp³-hybridized carbons (Fsp3) is 0.538. The number of phenols is 1. The third-order valence-electron chi connectivity index (χ3n) is 3.90. The molecule has 3 nitrogen and oxygen atoms in total. The molecule has 2 aliphatic heterocycles. The van der Waals surface area contributed by atoms with Gasteiger partial charge in [-0.1, -0.05) is 0 Å². The molecule has 1 saturated heterocycles. The summed E-state index contributed by atoms with van der Waals surface area (Å²) < 4.78 is 0. The fourth-order valence-corrected chi connectivity index (χ4v) is 3.01. The van der Waals surface area contributed by atoms with Gasteiger partial charge in [-0.25, -0.2) is 0 Å². The Morgan fingerprint density at radius 1 is 1.19 bits per heavy atom. The van der Waals surface area contributed by atoms with Crippen molar-refractivity contribution in [2.45, 2.75) is 18.8 Å². The monoisotopic (exact) mass is 218 g/mol. The van der Waals surface area contributed by atoms with Gasteiger partial charge in [-0.05, 0) is 55.6 Å². The minimum absolute atomic E-state index is 0.390. The van der Waals surface area contributed by atoms with E-state index in [1.807, 2.05) is 12.1 Å². The van der Waals surface area contributed by atoms with E-state index in [0.717, 1.165) is 25.6 Å². The van der Waals surface area contributed by atoms with Gasteiger partial charge in [-0.3, -0.25) is 0 Å². The van der Waals surface area contributed by atoms with Gasteiger partial charge in [0.15, 0.2) is 0 Å². The number of anilines is 1. The van der Waals surface area contributed by atoms with Crippen LogP contribution in [0.25, 0.3) is 0 Å². The summed E-state index contributed by atoms with van der Waals surface area (Å²) in [6, 6.07) is 5.68. The van der Waals surface area contributed by atoms with Crippen molar-refractivity contribution in [3.05, 3.63) is 23.8 Å². The van der Waals surface area contributed by atoms with Crippen LogP contribution >= 0.6 is 0 Å². The highest BCUT2D eigenvalue weighted by Crippen LogP contribution is 2.40. The van der Waals surface area contributed by atoms with E-state index in [2.05, 4.69) is 10.6 Å². The average molecular weight is 218 g/mol. The second kappa shape index (κ2) is 3.98. The molecule has 0 radical (unpaired) electrons. The van der Waals surface area contributed by atoms with Crippen LogP contribution < -0.4 is 10.6 Å². The molecular weight excluding hydrogens is 200 g/mol. The lowest BCUT2D eigenvalue weighted by Gasteiger charge is -2.28. The maximum atomic E-state index is 9.57. The number of aromatic hydroxyl groups is 1. The maximum absolute atomic E-state index is 9.57. The standard InChI is InChI=1S/C13H18N2O/c16-10-1-2-13-11(7-10)12(8-15-13)9-3-5-14-6-4-9/h1-2,7,9,12,14-16H,3-6,8H2. The Labute approximate surface area is 95.9 Å². The van der Waals surface area contributed by atoms with E-state index >= 15 is 0 Å². The lowest BCUT2D eigenvalue weighted by molar-refractivity contribution is 0.330. The largest absolute Gasteiger partial charge is 0.508 e. The molecule has 1 unspecified atom stereocenters. The molecule has 3 N–H and O–H groups in total. The highest BCUT2D eigenvalue weighted by atomic mass is 16.3. The quantitative estimate of drug-likeness (QED) is 0.631. The first-order chi connectivity index (χ1) is 7.84. The summed E-state index contributed by atoms with van der Waals surface area (Å²) in [6.07, 6.45) is 2.50. The first kappa shape index (κ1) is 9.97. The molecule has 0 amide bonds. The Balaban J connectivity index is 1.86. The minimum Gasteiger partial charge on any atom is -0.508 e. The van der Waals surface area contributed by atoms with Gasteiger partial charge in [-0.15, -0.1) is 0 Å². The molecule has 3 heteroatoms. The number of hydrogen-bond acceptors (Lipinski definition) is 3. The second-order valence-electron chi connectivity index (χ2n) is 4.85. The third kappa shape index (κ3) is 1.65. The molecule has 86 valence electrons. The zero-order chi connectivity index (χ0) is 11.0. The van der Waals surface area contributed by atoms with Crippen molar-refractivity contribution in [2.75, 3.05) is 25.0 Å². The van der Waals surface area contributed by atoms with E-state index in [0.29, 0.717) is 11.7 Å². The Morgan fingerprint density at radius 2 is 2.00 bits per heavy atom. The number of nitrogens with one attached hydrogen (secondary N) is 2. The normalized spacial score (nSPS) is 25.1. The highest BCUT2D eigenvalue weighted by Gasteiger charge is 2.30.